The van der Waals surface area contributed by atoms with Crippen LogP contribution in [0.2, 0.25) is 10.0 Å². The molecule has 0 aliphatic rings. The monoisotopic (exact) mass is 343 g/mol. The molecule has 2 rings (SSSR count). The van der Waals surface area contributed by atoms with E-state index in [2.05, 4.69) is 24.3 Å². The largest absolute Gasteiger partial charge is 0.308 e. The first-order valence-corrected chi connectivity index (χ1v) is 8.73. The SMILES string of the molecule is CCNC(CSc1ccccc1Cl)c1c(Cl)cnn1CC. The zero-order valence-electron chi connectivity index (χ0n) is 12.1. The maximum Gasteiger partial charge on any atom is 0.0834 e. The van der Waals surface area contributed by atoms with Gasteiger partial charge < -0.3 is 5.32 Å². The molecule has 0 aliphatic heterocycles. The number of aromatic nitrogens is 2. The molecule has 1 unspecified atom stereocenters. The van der Waals surface area contributed by atoms with E-state index in [0.717, 1.165) is 34.5 Å². The van der Waals surface area contributed by atoms with Gasteiger partial charge in [0.25, 0.3) is 0 Å². The van der Waals surface area contributed by atoms with Crippen molar-refractivity contribution in [1.29, 1.82) is 0 Å². The minimum atomic E-state index is 0.145. The van der Waals surface area contributed by atoms with Crippen LogP contribution in [-0.4, -0.2) is 22.1 Å². The van der Waals surface area contributed by atoms with Gasteiger partial charge in [-0.3, -0.25) is 4.68 Å². The third kappa shape index (κ3) is 4.16. The molecular weight excluding hydrogens is 325 g/mol. The smallest absolute Gasteiger partial charge is 0.0834 e. The Morgan fingerprint density at radius 2 is 2.00 bits per heavy atom. The molecule has 21 heavy (non-hydrogen) atoms. The van der Waals surface area contributed by atoms with E-state index >= 15 is 0 Å². The summed E-state index contributed by atoms with van der Waals surface area (Å²) >= 11 is 14.3. The van der Waals surface area contributed by atoms with Gasteiger partial charge in [-0.25, -0.2) is 0 Å². The molecule has 1 aromatic carbocycles. The van der Waals surface area contributed by atoms with Crippen LogP contribution in [0.5, 0.6) is 0 Å². The molecule has 2 aromatic rings. The second-order valence-corrected chi connectivity index (χ2v) is 6.42. The number of nitrogens with zero attached hydrogens (tertiary/aromatic N) is 2. The van der Waals surface area contributed by atoms with Gasteiger partial charge in [0.1, 0.15) is 0 Å². The van der Waals surface area contributed by atoms with Crippen LogP contribution in [0.4, 0.5) is 0 Å². The Balaban J connectivity index is 2.16. The molecular formula is C15H19Cl2N3S. The maximum atomic E-state index is 6.31. The van der Waals surface area contributed by atoms with Gasteiger partial charge in [-0.15, -0.1) is 11.8 Å². The number of nitrogens with one attached hydrogen (secondary N) is 1. The predicted octanol–water partition coefficient (Wildman–Crippen LogP) is 4.65. The third-order valence-corrected chi connectivity index (χ3v) is 5.06. The molecule has 0 saturated heterocycles. The molecule has 0 aliphatic carbocycles. The van der Waals surface area contributed by atoms with Crippen LogP contribution in [0.1, 0.15) is 25.6 Å². The molecule has 0 spiro atoms. The van der Waals surface area contributed by atoms with Crippen molar-refractivity contribution in [3.05, 3.63) is 46.2 Å². The predicted molar refractivity (Wildman–Crippen MR) is 91.5 cm³/mol. The maximum absolute atomic E-state index is 6.31. The summed E-state index contributed by atoms with van der Waals surface area (Å²) < 4.78 is 1.95. The van der Waals surface area contributed by atoms with Gasteiger partial charge in [-0.2, -0.15) is 5.10 Å². The van der Waals surface area contributed by atoms with Crippen molar-refractivity contribution in [3.8, 4) is 0 Å². The first kappa shape index (κ1) is 16.7. The Morgan fingerprint density at radius 1 is 1.24 bits per heavy atom. The Hall–Kier alpha value is -0.680. The molecule has 1 atom stereocenters. The number of rotatable bonds is 7. The van der Waals surface area contributed by atoms with E-state index in [9.17, 15) is 0 Å². The minimum absolute atomic E-state index is 0.145. The summed E-state index contributed by atoms with van der Waals surface area (Å²) in [7, 11) is 0. The van der Waals surface area contributed by atoms with Crippen molar-refractivity contribution in [3.63, 3.8) is 0 Å². The van der Waals surface area contributed by atoms with Crippen LogP contribution in [0.3, 0.4) is 0 Å². The standard InChI is InChI=1S/C15H19Cl2N3S/c1-3-18-13(15-12(17)9-19-20(15)4-2)10-21-14-8-6-5-7-11(14)16/h5-9,13,18H,3-4,10H2,1-2H3. The molecule has 114 valence electrons. The molecule has 0 radical (unpaired) electrons. The van der Waals surface area contributed by atoms with Crippen molar-refractivity contribution < 1.29 is 0 Å². The first-order valence-electron chi connectivity index (χ1n) is 6.99. The fraction of sp³-hybridized carbons (Fsp3) is 0.400. The van der Waals surface area contributed by atoms with E-state index in [4.69, 9.17) is 23.2 Å². The fourth-order valence-electron chi connectivity index (χ4n) is 2.19. The average molecular weight is 344 g/mol. The van der Waals surface area contributed by atoms with Crippen molar-refractivity contribution >= 4 is 35.0 Å². The van der Waals surface area contributed by atoms with E-state index in [1.54, 1.807) is 18.0 Å². The highest BCUT2D eigenvalue weighted by molar-refractivity contribution is 7.99. The van der Waals surface area contributed by atoms with Gasteiger partial charge in [-0.05, 0) is 25.6 Å². The lowest BCUT2D eigenvalue weighted by Gasteiger charge is -2.19. The number of halogens is 2. The van der Waals surface area contributed by atoms with Gasteiger partial charge in [-0.1, -0.05) is 42.3 Å². The van der Waals surface area contributed by atoms with Gasteiger partial charge in [0.05, 0.1) is 28.0 Å². The highest BCUT2D eigenvalue weighted by atomic mass is 35.5. The molecule has 0 bridgehead atoms. The highest BCUT2D eigenvalue weighted by Gasteiger charge is 2.19. The third-order valence-electron chi connectivity index (χ3n) is 3.16. The molecule has 0 fully saturated rings. The Kier molecular flexibility index (Phi) is 6.42. The number of thioether (sulfide) groups is 1. The number of hydrogen-bond acceptors (Lipinski definition) is 3. The van der Waals surface area contributed by atoms with Crippen molar-refractivity contribution in [2.45, 2.75) is 31.3 Å². The molecule has 3 nitrogen and oxygen atoms in total. The van der Waals surface area contributed by atoms with Gasteiger partial charge in [0.2, 0.25) is 0 Å². The molecule has 0 saturated carbocycles. The first-order chi connectivity index (χ1) is 10.2. The molecule has 1 heterocycles. The lowest BCUT2D eigenvalue weighted by atomic mass is 10.2. The van der Waals surface area contributed by atoms with Gasteiger partial charge in [0, 0.05) is 17.2 Å². The molecule has 1 aromatic heterocycles. The van der Waals surface area contributed by atoms with E-state index in [1.165, 1.54) is 0 Å². The lowest BCUT2D eigenvalue weighted by Crippen LogP contribution is -2.26. The molecule has 0 amide bonds. The molecule has 6 heteroatoms. The van der Waals surface area contributed by atoms with Crippen LogP contribution in [-0.2, 0) is 6.54 Å². The summed E-state index contributed by atoms with van der Waals surface area (Å²) in [5.41, 5.74) is 1.04. The topological polar surface area (TPSA) is 29.9 Å². The fourth-order valence-corrected chi connectivity index (χ4v) is 3.76. The quantitative estimate of drug-likeness (QED) is 0.742. The van der Waals surface area contributed by atoms with E-state index in [0.29, 0.717) is 5.02 Å². The second-order valence-electron chi connectivity index (χ2n) is 4.55. The second kappa shape index (κ2) is 8.08. The number of benzene rings is 1. The summed E-state index contributed by atoms with van der Waals surface area (Å²) in [4.78, 5) is 1.08. The molecule has 1 N–H and O–H groups in total. The van der Waals surface area contributed by atoms with Crippen molar-refractivity contribution in [2.24, 2.45) is 0 Å². The van der Waals surface area contributed by atoms with E-state index < -0.39 is 0 Å². The van der Waals surface area contributed by atoms with Gasteiger partial charge >= 0.3 is 0 Å². The summed E-state index contributed by atoms with van der Waals surface area (Å²) in [5.74, 6) is 0.850. The van der Waals surface area contributed by atoms with E-state index in [-0.39, 0.29) is 6.04 Å². The minimum Gasteiger partial charge on any atom is -0.308 e. The average Bonchev–Trinajstić information content (AvgIpc) is 2.86. The van der Waals surface area contributed by atoms with Crippen LogP contribution < -0.4 is 5.32 Å². The Morgan fingerprint density at radius 3 is 2.67 bits per heavy atom. The number of hydrogen-bond donors (Lipinski definition) is 1. The highest BCUT2D eigenvalue weighted by Crippen LogP contribution is 2.32. The zero-order chi connectivity index (χ0) is 15.2. The lowest BCUT2D eigenvalue weighted by molar-refractivity contribution is 0.527. The van der Waals surface area contributed by atoms with Crippen LogP contribution >= 0.6 is 35.0 Å². The summed E-state index contributed by atoms with van der Waals surface area (Å²) in [6.45, 7) is 5.84. The normalized spacial score (nSPS) is 12.6. The van der Waals surface area contributed by atoms with Crippen molar-refractivity contribution in [1.82, 2.24) is 15.1 Å². The summed E-state index contributed by atoms with van der Waals surface area (Å²) in [6, 6.07) is 8.03. The van der Waals surface area contributed by atoms with Crippen LogP contribution in [0, 0.1) is 0 Å². The summed E-state index contributed by atoms with van der Waals surface area (Å²) in [6.07, 6.45) is 1.71. The van der Waals surface area contributed by atoms with Crippen LogP contribution in [0.15, 0.2) is 35.4 Å². The van der Waals surface area contributed by atoms with Gasteiger partial charge in [0.15, 0.2) is 0 Å². The van der Waals surface area contributed by atoms with Crippen molar-refractivity contribution in [2.75, 3.05) is 12.3 Å². The summed E-state index contributed by atoms with van der Waals surface area (Å²) in [5, 5.41) is 9.30. The Labute approximate surface area is 140 Å². The van der Waals surface area contributed by atoms with E-state index in [1.807, 2.05) is 28.9 Å². The zero-order valence-corrected chi connectivity index (χ0v) is 14.5. The number of aryl methyl sites for hydroxylation is 1. The van der Waals surface area contributed by atoms with Crippen LogP contribution in [0.25, 0.3) is 0 Å². The Bertz CT molecular complexity index is 586.